The Morgan fingerprint density at radius 2 is 2.28 bits per heavy atom. The number of anilines is 1. The fourth-order valence-corrected chi connectivity index (χ4v) is 3.96. The van der Waals surface area contributed by atoms with Crippen molar-refractivity contribution in [1.29, 1.82) is 0 Å². The Hall–Kier alpha value is -2.26. The summed E-state index contributed by atoms with van der Waals surface area (Å²) in [6, 6.07) is 2.67. The van der Waals surface area contributed by atoms with E-state index in [0.29, 0.717) is 28.6 Å². The molecule has 1 aliphatic heterocycles. The molecule has 3 aromatic rings. The Morgan fingerprint density at radius 1 is 1.40 bits per heavy atom. The predicted molar refractivity (Wildman–Crippen MR) is 93.5 cm³/mol. The number of rotatable bonds is 5. The molecule has 2 atom stereocenters. The molecular formula is C16H19FN6OS. The summed E-state index contributed by atoms with van der Waals surface area (Å²) < 4.78 is 21.9. The smallest absolute Gasteiger partial charge is 0.302 e. The Morgan fingerprint density at radius 3 is 3.08 bits per heavy atom. The van der Waals surface area contributed by atoms with E-state index in [0.717, 1.165) is 18.6 Å². The van der Waals surface area contributed by atoms with Crippen molar-refractivity contribution in [2.45, 2.75) is 32.0 Å². The number of likely N-dealkylation sites (tertiary alicyclic amines) is 1. The second kappa shape index (κ2) is 6.57. The minimum Gasteiger partial charge on any atom is -0.460 e. The highest BCUT2D eigenvalue weighted by atomic mass is 32.1. The molecular weight excluding hydrogens is 343 g/mol. The second-order valence-electron chi connectivity index (χ2n) is 6.12. The zero-order chi connectivity index (χ0) is 17.4. The third-order valence-electron chi connectivity index (χ3n) is 4.43. The first kappa shape index (κ1) is 16.2. The maximum Gasteiger partial charge on any atom is 0.302 e. The Kier molecular flexibility index (Phi) is 4.26. The van der Waals surface area contributed by atoms with Crippen molar-refractivity contribution < 1.29 is 9.13 Å². The normalized spacial score (nSPS) is 21.1. The van der Waals surface area contributed by atoms with E-state index in [1.165, 1.54) is 11.3 Å². The van der Waals surface area contributed by atoms with Gasteiger partial charge >= 0.3 is 6.01 Å². The monoisotopic (exact) mass is 362 g/mol. The van der Waals surface area contributed by atoms with E-state index in [4.69, 9.17) is 4.74 Å². The maximum atomic E-state index is 13.9. The van der Waals surface area contributed by atoms with Crippen LogP contribution in [-0.4, -0.2) is 50.0 Å². The van der Waals surface area contributed by atoms with Gasteiger partial charge in [0.1, 0.15) is 11.8 Å². The molecule has 1 saturated heterocycles. The molecule has 0 aliphatic carbocycles. The molecule has 0 saturated carbocycles. The molecule has 0 spiro atoms. The molecule has 9 heteroatoms. The van der Waals surface area contributed by atoms with Gasteiger partial charge in [0, 0.05) is 51.2 Å². The van der Waals surface area contributed by atoms with E-state index in [2.05, 4.69) is 32.1 Å². The highest BCUT2D eigenvalue weighted by Gasteiger charge is 2.32. The van der Waals surface area contributed by atoms with E-state index >= 15 is 0 Å². The Balaban J connectivity index is 1.46. The predicted octanol–water partition coefficient (Wildman–Crippen LogP) is 2.41. The van der Waals surface area contributed by atoms with Crippen LogP contribution in [0.15, 0.2) is 24.7 Å². The number of halogens is 1. The standard InChI is InChI=1S/C16H19FN6OS/c1-10-7-11(24-16-20-4-3-13-19-5-6-23(13)16)8-22(10)9-12-14(17)21-15(18-2)25-12/h3-6,10-11H,7-9H2,1-2H3,(H,18,21). The average Bonchev–Trinajstić information content (AvgIpc) is 3.29. The summed E-state index contributed by atoms with van der Waals surface area (Å²) in [5.74, 6) is -0.393. The zero-order valence-electron chi connectivity index (χ0n) is 14.0. The molecule has 7 nitrogen and oxygen atoms in total. The molecule has 4 rings (SSSR count). The second-order valence-corrected chi connectivity index (χ2v) is 7.20. The van der Waals surface area contributed by atoms with E-state index in [9.17, 15) is 4.39 Å². The topological polar surface area (TPSA) is 67.6 Å². The molecule has 1 fully saturated rings. The lowest BCUT2D eigenvalue weighted by Gasteiger charge is -2.19. The highest BCUT2D eigenvalue weighted by Crippen LogP contribution is 2.28. The van der Waals surface area contributed by atoms with E-state index in [1.54, 1.807) is 19.4 Å². The van der Waals surface area contributed by atoms with Crippen LogP contribution in [0.3, 0.4) is 0 Å². The number of thiazole rings is 1. The van der Waals surface area contributed by atoms with Gasteiger partial charge in [-0.1, -0.05) is 11.3 Å². The fraction of sp³-hybridized carbons (Fsp3) is 0.438. The lowest BCUT2D eigenvalue weighted by molar-refractivity contribution is 0.179. The summed E-state index contributed by atoms with van der Waals surface area (Å²) >= 11 is 1.35. The van der Waals surface area contributed by atoms with Crippen LogP contribution in [0.25, 0.3) is 5.65 Å². The molecule has 0 aromatic carbocycles. The highest BCUT2D eigenvalue weighted by molar-refractivity contribution is 7.15. The zero-order valence-corrected chi connectivity index (χ0v) is 14.8. The quantitative estimate of drug-likeness (QED) is 0.752. The van der Waals surface area contributed by atoms with Gasteiger partial charge in [-0.15, -0.1) is 0 Å². The van der Waals surface area contributed by atoms with Crippen LogP contribution < -0.4 is 10.1 Å². The molecule has 0 amide bonds. The summed E-state index contributed by atoms with van der Waals surface area (Å²) in [4.78, 5) is 15.3. The molecule has 3 aromatic heterocycles. The average molecular weight is 362 g/mol. The van der Waals surface area contributed by atoms with Gasteiger partial charge in [-0.25, -0.2) is 9.97 Å². The molecule has 1 N–H and O–H groups in total. The largest absolute Gasteiger partial charge is 0.460 e. The molecule has 4 heterocycles. The van der Waals surface area contributed by atoms with Gasteiger partial charge in [-0.3, -0.25) is 9.30 Å². The summed E-state index contributed by atoms with van der Waals surface area (Å²) in [6.07, 6.45) is 6.13. The van der Waals surface area contributed by atoms with Crippen LogP contribution in [-0.2, 0) is 6.54 Å². The van der Waals surface area contributed by atoms with Crippen molar-refractivity contribution in [3.63, 3.8) is 0 Å². The molecule has 25 heavy (non-hydrogen) atoms. The first-order valence-corrected chi connectivity index (χ1v) is 8.97. The van der Waals surface area contributed by atoms with Crippen molar-refractivity contribution in [2.75, 3.05) is 18.9 Å². The van der Waals surface area contributed by atoms with Crippen LogP contribution >= 0.6 is 11.3 Å². The Labute approximate surface area is 148 Å². The van der Waals surface area contributed by atoms with Crippen LogP contribution in [0.5, 0.6) is 6.01 Å². The van der Waals surface area contributed by atoms with Crippen molar-refractivity contribution >= 4 is 22.1 Å². The maximum absolute atomic E-state index is 13.9. The summed E-state index contributed by atoms with van der Waals surface area (Å²) in [6.45, 7) is 3.39. The van der Waals surface area contributed by atoms with Crippen LogP contribution in [0, 0.1) is 5.95 Å². The summed E-state index contributed by atoms with van der Waals surface area (Å²) in [7, 11) is 1.74. The van der Waals surface area contributed by atoms with Gasteiger partial charge in [-0.05, 0) is 13.0 Å². The molecule has 132 valence electrons. The minimum atomic E-state index is -0.393. The van der Waals surface area contributed by atoms with Gasteiger partial charge in [-0.2, -0.15) is 9.37 Å². The number of hydrogen-bond donors (Lipinski definition) is 1. The van der Waals surface area contributed by atoms with E-state index in [-0.39, 0.29) is 6.10 Å². The minimum absolute atomic E-state index is 0.00949. The number of aromatic nitrogens is 4. The molecule has 0 bridgehead atoms. The van der Waals surface area contributed by atoms with Gasteiger partial charge in [0.2, 0.25) is 5.95 Å². The number of fused-ring (bicyclic) bond motifs is 1. The van der Waals surface area contributed by atoms with Gasteiger partial charge in [0.15, 0.2) is 5.13 Å². The number of hydrogen-bond acceptors (Lipinski definition) is 7. The molecule has 0 radical (unpaired) electrons. The number of nitrogens with zero attached hydrogens (tertiary/aromatic N) is 5. The van der Waals surface area contributed by atoms with Crippen LogP contribution in [0.2, 0.25) is 0 Å². The van der Waals surface area contributed by atoms with Crippen molar-refractivity contribution in [2.24, 2.45) is 0 Å². The number of ether oxygens (including phenoxy) is 1. The summed E-state index contributed by atoms with van der Waals surface area (Å²) in [5.41, 5.74) is 0.805. The van der Waals surface area contributed by atoms with Gasteiger partial charge in [0.05, 0.1) is 4.88 Å². The van der Waals surface area contributed by atoms with Crippen molar-refractivity contribution in [3.8, 4) is 6.01 Å². The third-order valence-corrected chi connectivity index (χ3v) is 5.46. The van der Waals surface area contributed by atoms with Gasteiger partial charge < -0.3 is 10.1 Å². The molecule has 1 aliphatic rings. The number of imidazole rings is 1. The lowest BCUT2D eigenvalue weighted by Crippen LogP contribution is -2.28. The lowest BCUT2D eigenvalue weighted by atomic mass is 10.2. The fourth-order valence-electron chi connectivity index (χ4n) is 3.14. The third kappa shape index (κ3) is 3.16. The molecule has 2 unspecified atom stereocenters. The number of nitrogens with one attached hydrogen (secondary N) is 1. The van der Waals surface area contributed by atoms with Crippen molar-refractivity contribution in [3.05, 3.63) is 35.5 Å². The van der Waals surface area contributed by atoms with Crippen LogP contribution in [0.4, 0.5) is 9.52 Å². The van der Waals surface area contributed by atoms with E-state index in [1.807, 2.05) is 16.7 Å². The summed E-state index contributed by atoms with van der Waals surface area (Å²) in [5, 5.41) is 3.49. The van der Waals surface area contributed by atoms with Crippen molar-refractivity contribution in [1.82, 2.24) is 24.3 Å². The SMILES string of the molecule is CNc1nc(F)c(CN2CC(Oc3nccc4nccn34)CC2C)s1. The first-order valence-electron chi connectivity index (χ1n) is 8.15. The van der Waals surface area contributed by atoms with E-state index < -0.39 is 5.95 Å². The Bertz CT molecular complexity index is 881. The first-order chi connectivity index (χ1) is 12.1. The van der Waals surface area contributed by atoms with Gasteiger partial charge in [0.25, 0.3) is 0 Å². The van der Waals surface area contributed by atoms with Crippen LogP contribution in [0.1, 0.15) is 18.2 Å².